The Labute approximate surface area is 282 Å². The molecule has 4 rings (SSSR count). The van der Waals surface area contributed by atoms with Gasteiger partial charge in [-0.2, -0.15) is 26.3 Å². The molecule has 1 saturated heterocycles. The number of pyridine rings is 1. The molecular formula is C35H37F8N3O4. The van der Waals surface area contributed by atoms with Crippen LogP contribution in [0.3, 0.4) is 0 Å². The summed E-state index contributed by atoms with van der Waals surface area (Å²) in [5, 5.41) is 12.0. The predicted molar refractivity (Wildman–Crippen MR) is 168 cm³/mol. The van der Waals surface area contributed by atoms with Gasteiger partial charge in [0.2, 0.25) is 5.91 Å². The second-order valence-corrected chi connectivity index (χ2v) is 13.0. The Morgan fingerprint density at radius 3 is 2.06 bits per heavy atom. The molecule has 2 unspecified atom stereocenters. The third-order valence-corrected chi connectivity index (χ3v) is 8.71. The Morgan fingerprint density at radius 2 is 1.56 bits per heavy atom. The van der Waals surface area contributed by atoms with Crippen molar-refractivity contribution in [1.29, 1.82) is 0 Å². The number of nitrogens with zero attached hydrogens (tertiary/aromatic N) is 2. The number of halogens is 8. The number of benzene rings is 2. The molecule has 3 aromatic rings. The average molecular weight is 716 g/mol. The van der Waals surface area contributed by atoms with Crippen molar-refractivity contribution in [2.45, 2.75) is 77.8 Å². The van der Waals surface area contributed by atoms with Gasteiger partial charge in [-0.3, -0.25) is 14.4 Å². The average Bonchev–Trinajstić information content (AvgIpc) is 2.94. The lowest BCUT2D eigenvalue weighted by Gasteiger charge is -2.31. The highest BCUT2D eigenvalue weighted by atomic mass is 19.4. The third kappa shape index (κ3) is 8.90. The van der Waals surface area contributed by atoms with Crippen LogP contribution in [-0.4, -0.2) is 46.1 Å². The lowest BCUT2D eigenvalue weighted by atomic mass is 9.89. The molecular weight excluding hydrogens is 678 g/mol. The van der Waals surface area contributed by atoms with E-state index in [0.29, 0.717) is 31.3 Å². The van der Waals surface area contributed by atoms with Crippen LogP contribution in [0.5, 0.6) is 0 Å². The first kappa shape index (κ1) is 38.5. The van der Waals surface area contributed by atoms with E-state index in [0.717, 1.165) is 29.3 Å². The zero-order valence-electron chi connectivity index (χ0n) is 27.7. The third-order valence-electron chi connectivity index (χ3n) is 8.71. The molecule has 7 nitrogen and oxygen atoms in total. The summed E-state index contributed by atoms with van der Waals surface area (Å²) in [5.74, 6) is -5.12. The summed E-state index contributed by atoms with van der Waals surface area (Å²) in [6.45, 7) is 7.67. The van der Waals surface area contributed by atoms with Crippen molar-refractivity contribution in [2.75, 3.05) is 19.6 Å². The minimum Gasteiger partial charge on any atom is -0.481 e. The van der Waals surface area contributed by atoms with Crippen LogP contribution in [0, 0.1) is 31.4 Å². The number of aliphatic carboxylic acids is 1. The van der Waals surface area contributed by atoms with E-state index in [1.165, 1.54) is 13.8 Å². The van der Waals surface area contributed by atoms with E-state index in [4.69, 9.17) is 0 Å². The van der Waals surface area contributed by atoms with Gasteiger partial charge >= 0.3 is 18.3 Å². The smallest absolute Gasteiger partial charge is 0.416 e. The van der Waals surface area contributed by atoms with Crippen molar-refractivity contribution < 1.29 is 49.8 Å². The van der Waals surface area contributed by atoms with Crippen molar-refractivity contribution in [3.05, 3.63) is 91.9 Å². The monoisotopic (exact) mass is 715 g/mol. The lowest BCUT2D eigenvalue weighted by molar-refractivity contribution is -0.139. The minimum absolute atomic E-state index is 0.0728. The van der Waals surface area contributed by atoms with Crippen molar-refractivity contribution in [3.8, 4) is 11.1 Å². The van der Waals surface area contributed by atoms with Crippen molar-refractivity contribution in [2.24, 2.45) is 5.92 Å². The minimum atomic E-state index is -5.06. The molecule has 0 spiro atoms. The topological polar surface area (TPSA) is 91.6 Å². The van der Waals surface area contributed by atoms with Crippen LogP contribution in [0.1, 0.15) is 78.6 Å². The normalized spacial score (nSPS) is 15.1. The Balaban J connectivity index is 1.84. The van der Waals surface area contributed by atoms with Crippen molar-refractivity contribution in [1.82, 2.24) is 14.8 Å². The van der Waals surface area contributed by atoms with E-state index in [-0.39, 0.29) is 47.6 Å². The molecule has 1 aromatic heterocycles. The largest absolute Gasteiger partial charge is 0.481 e. The first-order chi connectivity index (χ1) is 23.2. The van der Waals surface area contributed by atoms with E-state index >= 15 is 4.39 Å². The highest BCUT2D eigenvalue weighted by Gasteiger charge is 2.38. The zero-order chi connectivity index (χ0) is 37.3. The highest BCUT2D eigenvalue weighted by Crippen LogP contribution is 2.40. The molecule has 1 fully saturated rings. The molecule has 15 heteroatoms. The van der Waals surface area contributed by atoms with Gasteiger partial charge in [0.05, 0.1) is 23.6 Å². The number of rotatable bonds is 12. The summed E-state index contributed by atoms with van der Waals surface area (Å²) in [5.41, 5.74) is -5.33. The summed E-state index contributed by atoms with van der Waals surface area (Å²) in [6, 6.07) is -0.213. The van der Waals surface area contributed by atoms with E-state index in [1.54, 1.807) is 13.8 Å². The number of aromatic nitrogens is 1. The van der Waals surface area contributed by atoms with Gasteiger partial charge in [0, 0.05) is 29.9 Å². The molecule has 272 valence electrons. The quantitative estimate of drug-likeness (QED) is 0.189. The number of hydrogen-bond acceptors (Lipinski definition) is 4. The van der Waals surface area contributed by atoms with Crippen molar-refractivity contribution >= 4 is 11.9 Å². The van der Waals surface area contributed by atoms with Gasteiger partial charge in [-0.25, -0.2) is 8.78 Å². The number of amides is 1. The fourth-order valence-corrected chi connectivity index (χ4v) is 6.24. The molecule has 1 aliphatic heterocycles. The Bertz CT molecular complexity index is 1790. The van der Waals surface area contributed by atoms with Gasteiger partial charge in [-0.05, 0) is 98.6 Å². The maximum Gasteiger partial charge on any atom is 0.416 e. The van der Waals surface area contributed by atoms with Crippen LogP contribution >= 0.6 is 0 Å². The number of carbonyl (C=O) groups is 2. The highest BCUT2D eigenvalue weighted by molar-refractivity contribution is 5.82. The molecule has 1 amide bonds. The molecule has 2 atom stereocenters. The van der Waals surface area contributed by atoms with E-state index in [1.807, 2.05) is 4.90 Å². The van der Waals surface area contributed by atoms with Crippen LogP contribution in [0.25, 0.3) is 11.1 Å². The standard InChI is InChI=1S/C35H37F8N3O4/c1-18(2)10-28(46-17-21(6-9-45-7-5-8-45)26(15-29(46)47)35(41,42)43)33(50)44-27(16-30(48)49)24-13-22(34(38,39)40)14-25(32(24)37)31-19(3)11-23(36)12-20(31)4/h11-15,17-18,27-28H,5-10,16H2,1-4H3,(H,44,50)(H,48,49). The molecule has 0 aliphatic carbocycles. The predicted octanol–water partition coefficient (Wildman–Crippen LogP) is 7.62. The first-order valence-electron chi connectivity index (χ1n) is 15.9. The van der Waals surface area contributed by atoms with Gasteiger partial charge in [0.25, 0.3) is 5.56 Å². The van der Waals surface area contributed by atoms with Crippen LogP contribution in [0.4, 0.5) is 35.1 Å². The molecule has 1 aliphatic rings. The molecule has 0 saturated carbocycles. The molecule has 50 heavy (non-hydrogen) atoms. The summed E-state index contributed by atoms with van der Waals surface area (Å²) < 4.78 is 116. The molecule has 2 aromatic carbocycles. The fourth-order valence-electron chi connectivity index (χ4n) is 6.24. The number of carboxylic acid groups (broad SMARTS) is 1. The van der Waals surface area contributed by atoms with Crippen LogP contribution in [-0.2, 0) is 28.4 Å². The zero-order valence-corrected chi connectivity index (χ0v) is 27.7. The molecule has 2 heterocycles. The van der Waals surface area contributed by atoms with Crippen LogP contribution in [0.2, 0.25) is 0 Å². The molecule has 0 bridgehead atoms. The summed E-state index contributed by atoms with van der Waals surface area (Å²) in [4.78, 5) is 41.0. The van der Waals surface area contributed by atoms with Gasteiger partial charge < -0.3 is 19.9 Å². The number of alkyl halides is 6. The lowest BCUT2D eigenvalue weighted by Crippen LogP contribution is -2.41. The number of likely N-dealkylation sites (tertiary alicyclic amines) is 1. The van der Waals surface area contributed by atoms with E-state index < -0.39 is 82.2 Å². The first-order valence-corrected chi connectivity index (χ1v) is 15.9. The second-order valence-electron chi connectivity index (χ2n) is 13.0. The molecule has 2 N–H and O–H groups in total. The fraction of sp³-hybridized carbons (Fsp3) is 0.457. The maximum atomic E-state index is 16.4. The van der Waals surface area contributed by atoms with Crippen LogP contribution in [0.15, 0.2) is 41.3 Å². The SMILES string of the molecule is Cc1cc(F)cc(C)c1-c1cc(C(F)(F)F)cc(C(CC(=O)O)NC(=O)C(CC(C)C)n2cc(CCN3CCC3)c(C(F)(F)F)cc2=O)c1F. The number of aryl methyl sites for hydroxylation is 2. The van der Waals surface area contributed by atoms with Crippen molar-refractivity contribution in [3.63, 3.8) is 0 Å². The van der Waals surface area contributed by atoms with E-state index in [2.05, 4.69) is 5.32 Å². The van der Waals surface area contributed by atoms with E-state index in [9.17, 15) is 50.2 Å². The molecule has 0 radical (unpaired) electrons. The summed E-state index contributed by atoms with van der Waals surface area (Å²) >= 11 is 0. The summed E-state index contributed by atoms with van der Waals surface area (Å²) in [6.07, 6.45) is -9.46. The van der Waals surface area contributed by atoms with Gasteiger partial charge in [-0.15, -0.1) is 0 Å². The number of carboxylic acids is 1. The number of carbonyl (C=O) groups excluding carboxylic acids is 1. The van der Waals surface area contributed by atoms with Gasteiger partial charge in [0.1, 0.15) is 17.7 Å². The second kappa shape index (κ2) is 14.9. The maximum absolute atomic E-state index is 16.4. The van der Waals surface area contributed by atoms with Gasteiger partial charge in [0.15, 0.2) is 0 Å². The number of hydrogen-bond donors (Lipinski definition) is 2. The van der Waals surface area contributed by atoms with Crippen LogP contribution < -0.4 is 10.9 Å². The Morgan fingerprint density at radius 1 is 0.940 bits per heavy atom. The number of nitrogens with one attached hydrogen (secondary N) is 1. The van der Waals surface area contributed by atoms with Gasteiger partial charge in [-0.1, -0.05) is 13.8 Å². The Kier molecular flexibility index (Phi) is 11.5. The Hall–Kier alpha value is -4.27. The summed E-state index contributed by atoms with van der Waals surface area (Å²) in [7, 11) is 0.